The number of carbonyl (C=O) groups is 3. The van der Waals surface area contributed by atoms with Gasteiger partial charge in [-0.05, 0) is 42.5 Å². The molecule has 31 heavy (non-hydrogen) atoms. The van der Waals surface area contributed by atoms with E-state index in [9.17, 15) is 14.4 Å². The Morgan fingerprint density at radius 3 is 2.32 bits per heavy atom. The molecule has 2 aromatic carbocycles. The number of piperazine rings is 1. The molecule has 0 unspecified atom stereocenters. The largest absolute Gasteiger partial charge is 0.484 e. The maximum atomic E-state index is 12.5. The quantitative estimate of drug-likeness (QED) is 0.688. The smallest absolute Gasteiger partial charge is 0.337 e. The molecule has 3 rings (SSSR count). The van der Waals surface area contributed by atoms with Crippen molar-refractivity contribution >= 4 is 40.8 Å². The predicted octanol–water partition coefficient (Wildman–Crippen LogP) is 2.81. The van der Waals surface area contributed by atoms with Crippen LogP contribution >= 0.6 is 11.6 Å². The van der Waals surface area contributed by atoms with E-state index >= 15 is 0 Å². The topological polar surface area (TPSA) is 88.2 Å². The second-order valence-corrected chi connectivity index (χ2v) is 7.44. The number of nitrogens with zero attached hydrogens (tertiary/aromatic N) is 2. The number of methoxy groups -OCH3 is 1. The number of hydrogen-bond acceptors (Lipinski definition) is 6. The highest BCUT2D eigenvalue weighted by Gasteiger charge is 2.22. The summed E-state index contributed by atoms with van der Waals surface area (Å²) in [6, 6.07) is 11.7. The number of ether oxygens (including phenoxy) is 2. The van der Waals surface area contributed by atoms with E-state index in [2.05, 4.69) is 10.2 Å². The molecule has 0 radical (unpaired) electrons. The summed E-state index contributed by atoms with van der Waals surface area (Å²) in [5.74, 6) is -0.321. The summed E-state index contributed by atoms with van der Waals surface area (Å²) in [5.41, 5.74) is 1.56. The lowest BCUT2D eigenvalue weighted by Crippen LogP contribution is -2.48. The van der Waals surface area contributed by atoms with Gasteiger partial charge < -0.3 is 24.6 Å². The molecular formula is C22H24ClN3O5. The fourth-order valence-corrected chi connectivity index (χ4v) is 3.41. The first kappa shape index (κ1) is 22.4. The molecule has 1 fully saturated rings. The minimum absolute atomic E-state index is 0.0357. The van der Waals surface area contributed by atoms with E-state index in [-0.39, 0.29) is 18.4 Å². The van der Waals surface area contributed by atoms with E-state index < -0.39 is 5.97 Å². The number of rotatable bonds is 6. The molecular weight excluding hydrogens is 422 g/mol. The molecule has 1 heterocycles. The van der Waals surface area contributed by atoms with Crippen LogP contribution in [0.25, 0.3) is 0 Å². The molecule has 2 amide bonds. The van der Waals surface area contributed by atoms with Gasteiger partial charge in [0.1, 0.15) is 5.75 Å². The van der Waals surface area contributed by atoms with Gasteiger partial charge in [-0.3, -0.25) is 9.59 Å². The van der Waals surface area contributed by atoms with Crippen LogP contribution in [0.1, 0.15) is 17.3 Å². The zero-order valence-electron chi connectivity index (χ0n) is 17.4. The molecule has 9 heteroatoms. The zero-order valence-corrected chi connectivity index (χ0v) is 18.1. The van der Waals surface area contributed by atoms with E-state index in [1.807, 2.05) is 0 Å². The first-order chi connectivity index (χ1) is 14.9. The Morgan fingerprint density at radius 1 is 1.03 bits per heavy atom. The van der Waals surface area contributed by atoms with E-state index in [1.54, 1.807) is 54.3 Å². The fourth-order valence-electron chi connectivity index (χ4n) is 3.28. The Labute approximate surface area is 185 Å². The monoisotopic (exact) mass is 445 g/mol. The van der Waals surface area contributed by atoms with Crippen molar-refractivity contribution in [2.75, 3.05) is 50.1 Å². The summed E-state index contributed by atoms with van der Waals surface area (Å²) in [6.07, 6.45) is 0. The van der Waals surface area contributed by atoms with E-state index in [1.165, 1.54) is 7.11 Å². The number of nitrogens with one attached hydrogen (secondary N) is 1. The van der Waals surface area contributed by atoms with Crippen LogP contribution in [-0.4, -0.2) is 62.6 Å². The van der Waals surface area contributed by atoms with Crippen molar-refractivity contribution in [2.45, 2.75) is 6.92 Å². The predicted molar refractivity (Wildman–Crippen MR) is 118 cm³/mol. The Bertz CT molecular complexity index is 956. The number of halogens is 1. The van der Waals surface area contributed by atoms with Gasteiger partial charge in [0.2, 0.25) is 5.91 Å². The average Bonchev–Trinajstić information content (AvgIpc) is 2.78. The van der Waals surface area contributed by atoms with E-state index in [4.69, 9.17) is 21.1 Å². The second-order valence-electron chi connectivity index (χ2n) is 7.01. The van der Waals surface area contributed by atoms with Gasteiger partial charge >= 0.3 is 5.97 Å². The van der Waals surface area contributed by atoms with Crippen molar-refractivity contribution < 1.29 is 23.9 Å². The average molecular weight is 446 g/mol. The summed E-state index contributed by atoms with van der Waals surface area (Å²) in [5, 5.41) is 3.40. The van der Waals surface area contributed by atoms with Crippen LogP contribution in [0.4, 0.5) is 11.4 Å². The van der Waals surface area contributed by atoms with Crippen molar-refractivity contribution in [3.63, 3.8) is 0 Å². The summed E-state index contributed by atoms with van der Waals surface area (Å²) >= 11 is 5.85. The number of esters is 1. The van der Waals surface area contributed by atoms with Crippen LogP contribution in [0, 0.1) is 0 Å². The van der Waals surface area contributed by atoms with Crippen LogP contribution in [0.3, 0.4) is 0 Å². The first-order valence-corrected chi connectivity index (χ1v) is 10.2. The maximum Gasteiger partial charge on any atom is 0.337 e. The molecule has 0 aliphatic carbocycles. The highest BCUT2D eigenvalue weighted by Crippen LogP contribution is 2.29. The van der Waals surface area contributed by atoms with Crippen molar-refractivity contribution in [1.82, 2.24) is 4.90 Å². The van der Waals surface area contributed by atoms with Crippen LogP contribution in [0.5, 0.6) is 5.75 Å². The van der Waals surface area contributed by atoms with Gasteiger partial charge in [-0.1, -0.05) is 11.6 Å². The van der Waals surface area contributed by atoms with Gasteiger partial charge in [0, 0.05) is 38.1 Å². The highest BCUT2D eigenvalue weighted by atomic mass is 35.5. The van der Waals surface area contributed by atoms with Crippen LogP contribution in [0.2, 0.25) is 5.02 Å². The molecule has 8 nitrogen and oxygen atoms in total. The van der Waals surface area contributed by atoms with Gasteiger partial charge in [0.25, 0.3) is 5.91 Å². The first-order valence-electron chi connectivity index (χ1n) is 9.78. The van der Waals surface area contributed by atoms with E-state index in [0.717, 1.165) is 5.69 Å². The highest BCUT2D eigenvalue weighted by molar-refractivity contribution is 6.30. The molecule has 1 aliphatic heterocycles. The van der Waals surface area contributed by atoms with Crippen LogP contribution in [0.15, 0.2) is 42.5 Å². The zero-order chi connectivity index (χ0) is 22.4. The van der Waals surface area contributed by atoms with Crippen molar-refractivity contribution in [3.8, 4) is 5.75 Å². The number of amides is 2. The maximum absolute atomic E-state index is 12.5. The standard InChI is InChI=1S/C22H24ClN3O5/c1-15(27)25-9-11-26(12-10-25)20-8-3-16(22(29)30-2)13-19(20)24-21(28)14-31-18-6-4-17(23)5-7-18/h3-8,13H,9-12,14H2,1-2H3,(H,24,28). The number of carbonyl (C=O) groups excluding carboxylic acids is 3. The molecule has 0 atom stereocenters. The number of anilines is 2. The summed E-state index contributed by atoms with van der Waals surface area (Å²) in [7, 11) is 1.30. The normalized spacial score (nSPS) is 13.5. The third-order valence-corrected chi connectivity index (χ3v) is 5.19. The third kappa shape index (κ3) is 5.88. The Kier molecular flexibility index (Phi) is 7.36. The second kappa shape index (κ2) is 10.2. The number of hydrogen-bond donors (Lipinski definition) is 1. The Balaban J connectivity index is 1.74. The molecule has 2 aromatic rings. The van der Waals surface area contributed by atoms with Gasteiger partial charge in [-0.15, -0.1) is 0 Å². The van der Waals surface area contributed by atoms with Crippen LogP contribution < -0.4 is 15.0 Å². The molecule has 1 saturated heterocycles. The lowest BCUT2D eigenvalue weighted by molar-refractivity contribution is -0.129. The summed E-state index contributed by atoms with van der Waals surface area (Å²) < 4.78 is 10.3. The molecule has 0 saturated carbocycles. The summed E-state index contributed by atoms with van der Waals surface area (Å²) in [6.45, 7) is 3.74. The lowest BCUT2D eigenvalue weighted by atomic mass is 10.1. The van der Waals surface area contributed by atoms with Crippen LogP contribution in [-0.2, 0) is 14.3 Å². The van der Waals surface area contributed by atoms with E-state index in [0.29, 0.717) is 48.2 Å². The molecule has 164 valence electrons. The molecule has 0 bridgehead atoms. The van der Waals surface area contributed by atoms with Gasteiger partial charge in [-0.25, -0.2) is 4.79 Å². The van der Waals surface area contributed by atoms with Crippen molar-refractivity contribution in [3.05, 3.63) is 53.1 Å². The van der Waals surface area contributed by atoms with Crippen molar-refractivity contribution in [2.24, 2.45) is 0 Å². The third-order valence-electron chi connectivity index (χ3n) is 4.94. The van der Waals surface area contributed by atoms with Gasteiger partial charge in [-0.2, -0.15) is 0 Å². The molecule has 1 N–H and O–H groups in total. The minimum Gasteiger partial charge on any atom is -0.484 e. The Hall–Kier alpha value is -3.26. The molecule has 0 spiro atoms. The number of benzene rings is 2. The SMILES string of the molecule is COC(=O)c1ccc(N2CCN(C(C)=O)CC2)c(NC(=O)COc2ccc(Cl)cc2)c1. The Morgan fingerprint density at radius 2 is 1.71 bits per heavy atom. The molecule has 0 aromatic heterocycles. The lowest BCUT2D eigenvalue weighted by Gasteiger charge is -2.36. The fraction of sp³-hybridized carbons (Fsp3) is 0.318. The van der Waals surface area contributed by atoms with Gasteiger partial charge in [0.05, 0.1) is 24.0 Å². The minimum atomic E-state index is -0.499. The summed E-state index contributed by atoms with van der Waals surface area (Å²) in [4.78, 5) is 39.9. The van der Waals surface area contributed by atoms with Gasteiger partial charge in [0.15, 0.2) is 6.61 Å². The molecule has 1 aliphatic rings. The van der Waals surface area contributed by atoms with Crippen molar-refractivity contribution in [1.29, 1.82) is 0 Å².